The summed E-state index contributed by atoms with van der Waals surface area (Å²) in [5.74, 6) is 0.0813. The van der Waals surface area contributed by atoms with E-state index in [1.165, 1.54) is 0 Å². The molecule has 1 aromatic carbocycles. The fraction of sp³-hybridized carbons (Fsp3) is 0.357. The normalized spacial score (nSPS) is 10.6. The number of allylic oxidation sites excluding steroid dienone is 1. The summed E-state index contributed by atoms with van der Waals surface area (Å²) in [6.45, 7) is 2.67. The number of amides is 1. The predicted octanol–water partition coefficient (Wildman–Crippen LogP) is 2.28. The number of para-hydroxylation sites is 1. The fourth-order valence-electron chi connectivity index (χ4n) is 1.56. The van der Waals surface area contributed by atoms with Gasteiger partial charge in [0.25, 0.3) is 0 Å². The van der Waals surface area contributed by atoms with Crippen LogP contribution >= 0.6 is 0 Å². The zero-order valence-electron chi connectivity index (χ0n) is 10.3. The molecule has 0 aliphatic rings. The zero-order chi connectivity index (χ0) is 12.5. The second-order valence-electron chi connectivity index (χ2n) is 3.91. The van der Waals surface area contributed by atoms with Gasteiger partial charge in [0.1, 0.15) is 0 Å². The van der Waals surface area contributed by atoms with Crippen LogP contribution in [0, 0.1) is 0 Å². The van der Waals surface area contributed by atoms with Crippen molar-refractivity contribution in [3.63, 3.8) is 0 Å². The maximum absolute atomic E-state index is 11.5. The lowest BCUT2D eigenvalue weighted by Crippen LogP contribution is -2.24. The minimum Gasteiger partial charge on any atom is -0.399 e. The number of nitrogens with two attached hydrogens (primary N) is 1. The molecule has 17 heavy (non-hydrogen) atoms. The smallest absolute Gasteiger partial charge is 0.220 e. The third kappa shape index (κ3) is 5.20. The Kier molecular flexibility index (Phi) is 5.86. The molecule has 3 heteroatoms. The first-order valence-electron chi connectivity index (χ1n) is 5.95. The summed E-state index contributed by atoms with van der Waals surface area (Å²) in [6, 6.07) is 7.66. The molecule has 0 bridgehead atoms. The highest BCUT2D eigenvalue weighted by Crippen LogP contribution is 2.12. The van der Waals surface area contributed by atoms with Crippen LogP contribution in [-0.2, 0) is 11.2 Å². The van der Waals surface area contributed by atoms with E-state index < -0.39 is 0 Å². The topological polar surface area (TPSA) is 55.1 Å². The monoisotopic (exact) mass is 232 g/mol. The molecule has 0 aliphatic carbocycles. The molecule has 0 unspecified atom stereocenters. The van der Waals surface area contributed by atoms with Crippen LogP contribution in [0.25, 0.3) is 0 Å². The van der Waals surface area contributed by atoms with Gasteiger partial charge in [-0.3, -0.25) is 4.79 Å². The van der Waals surface area contributed by atoms with E-state index in [0.717, 1.165) is 17.7 Å². The van der Waals surface area contributed by atoms with Crippen LogP contribution in [0.5, 0.6) is 0 Å². The lowest BCUT2D eigenvalue weighted by molar-refractivity contribution is -0.121. The van der Waals surface area contributed by atoms with Crippen molar-refractivity contribution in [3.8, 4) is 0 Å². The van der Waals surface area contributed by atoms with Crippen molar-refractivity contribution in [3.05, 3.63) is 42.0 Å². The summed E-state index contributed by atoms with van der Waals surface area (Å²) in [7, 11) is 0. The molecule has 0 heterocycles. The van der Waals surface area contributed by atoms with E-state index in [1.54, 1.807) is 0 Å². The van der Waals surface area contributed by atoms with Gasteiger partial charge in [0, 0.05) is 18.7 Å². The van der Waals surface area contributed by atoms with Crippen molar-refractivity contribution < 1.29 is 4.79 Å². The number of carbonyl (C=O) groups is 1. The number of nitrogen functional groups attached to an aromatic ring is 1. The van der Waals surface area contributed by atoms with Crippen molar-refractivity contribution in [1.29, 1.82) is 0 Å². The maximum atomic E-state index is 11.5. The van der Waals surface area contributed by atoms with E-state index >= 15 is 0 Å². The quantitative estimate of drug-likeness (QED) is 0.449. The van der Waals surface area contributed by atoms with E-state index in [0.29, 0.717) is 19.4 Å². The number of nitrogens with one attached hydrogen (secondary N) is 1. The van der Waals surface area contributed by atoms with Gasteiger partial charge in [-0.15, -0.1) is 0 Å². The molecule has 1 aromatic rings. The highest BCUT2D eigenvalue weighted by atomic mass is 16.1. The van der Waals surface area contributed by atoms with Crippen molar-refractivity contribution in [2.75, 3.05) is 12.3 Å². The fourth-order valence-corrected chi connectivity index (χ4v) is 1.56. The lowest BCUT2D eigenvalue weighted by atomic mass is 10.1. The van der Waals surface area contributed by atoms with Gasteiger partial charge >= 0.3 is 0 Å². The number of hydrogen-bond acceptors (Lipinski definition) is 2. The summed E-state index contributed by atoms with van der Waals surface area (Å²) in [4.78, 5) is 11.5. The Balaban J connectivity index is 2.26. The number of carbonyl (C=O) groups excluding carboxylic acids is 1. The number of anilines is 1. The molecule has 3 N–H and O–H groups in total. The minimum absolute atomic E-state index is 0.0813. The molecule has 1 amide bonds. The van der Waals surface area contributed by atoms with Crippen molar-refractivity contribution >= 4 is 11.6 Å². The van der Waals surface area contributed by atoms with Crippen molar-refractivity contribution in [1.82, 2.24) is 5.32 Å². The molecular formula is C14H20N2O. The van der Waals surface area contributed by atoms with Crippen LogP contribution in [0.3, 0.4) is 0 Å². The summed E-state index contributed by atoms with van der Waals surface area (Å²) >= 11 is 0. The third-order valence-electron chi connectivity index (χ3n) is 2.55. The van der Waals surface area contributed by atoms with Crippen molar-refractivity contribution in [2.24, 2.45) is 0 Å². The Morgan fingerprint density at radius 1 is 1.41 bits per heavy atom. The van der Waals surface area contributed by atoms with Gasteiger partial charge in [-0.05, 0) is 31.4 Å². The van der Waals surface area contributed by atoms with Crippen molar-refractivity contribution in [2.45, 2.75) is 26.2 Å². The van der Waals surface area contributed by atoms with Gasteiger partial charge in [-0.1, -0.05) is 30.4 Å². The third-order valence-corrected chi connectivity index (χ3v) is 2.55. The Hall–Kier alpha value is -1.77. The van der Waals surface area contributed by atoms with Crippen LogP contribution in [0.1, 0.15) is 25.3 Å². The van der Waals surface area contributed by atoms with Crippen LogP contribution < -0.4 is 11.1 Å². The van der Waals surface area contributed by atoms with E-state index in [1.807, 2.05) is 43.3 Å². The van der Waals surface area contributed by atoms with E-state index in [9.17, 15) is 4.79 Å². The molecule has 0 saturated heterocycles. The first kappa shape index (κ1) is 13.3. The summed E-state index contributed by atoms with van der Waals surface area (Å²) < 4.78 is 0. The molecule has 1 rings (SSSR count). The predicted molar refractivity (Wildman–Crippen MR) is 71.6 cm³/mol. The first-order chi connectivity index (χ1) is 8.24. The van der Waals surface area contributed by atoms with Crippen LogP contribution in [0.4, 0.5) is 5.69 Å². The Morgan fingerprint density at radius 3 is 2.88 bits per heavy atom. The highest BCUT2D eigenvalue weighted by molar-refractivity contribution is 5.76. The zero-order valence-corrected chi connectivity index (χ0v) is 10.3. The van der Waals surface area contributed by atoms with Crippen LogP contribution in [0.2, 0.25) is 0 Å². The number of hydrogen-bond donors (Lipinski definition) is 2. The van der Waals surface area contributed by atoms with E-state index in [-0.39, 0.29) is 5.91 Å². The lowest BCUT2D eigenvalue weighted by Gasteiger charge is -2.05. The molecule has 0 atom stereocenters. The molecular weight excluding hydrogens is 212 g/mol. The molecule has 0 radical (unpaired) electrons. The SMILES string of the molecule is C/C=C/CCNC(=O)CCc1ccccc1N. The van der Waals surface area contributed by atoms with Gasteiger partial charge in [0.2, 0.25) is 5.91 Å². The maximum Gasteiger partial charge on any atom is 0.220 e. The van der Waals surface area contributed by atoms with Gasteiger partial charge in [-0.2, -0.15) is 0 Å². The highest BCUT2D eigenvalue weighted by Gasteiger charge is 2.03. The largest absolute Gasteiger partial charge is 0.399 e. The molecule has 0 aromatic heterocycles. The van der Waals surface area contributed by atoms with Crippen LogP contribution in [-0.4, -0.2) is 12.5 Å². The Bertz CT molecular complexity index is 386. The molecule has 0 fully saturated rings. The average molecular weight is 232 g/mol. The van der Waals surface area contributed by atoms with Gasteiger partial charge in [-0.25, -0.2) is 0 Å². The Morgan fingerprint density at radius 2 is 2.18 bits per heavy atom. The van der Waals surface area contributed by atoms with E-state index in [2.05, 4.69) is 5.32 Å². The second-order valence-corrected chi connectivity index (χ2v) is 3.91. The molecule has 3 nitrogen and oxygen atoms in total. The molecule has 92 valence electrons. The number of rotatable bonds is 6. The van der Waals surface area contributed by atoms with Gasteiger partial charge in [0.15, 0.2) is 0 Å². The standard InChI is InChI=1S/C14H20N2O/c1-2-3-6-11-16-14(17)10-9-12-7-4-5-8-13(12)15/h2-5,7-8H,6,9-11,15H2,1H3,(H,16,17)/b3-2+. The van der Waals surface area contributed by atoms with Crippen LogP contribution in [0.15, 0.2) is 36.4 Å². The van der Waals surface area contributed by atoms with E-state index in [4.69, 9.17) is 5.73 Å². The molecule has 0 aliphatic heterocycles. The van der Waals surface area contributed by atoms with Gasteiger partial charge < -0.3 is 11.1 Å². The number of aryl methyl sites for hydroxylation is 1. The first-order valence-corrected chi connectivity index (χ1v) is 5.95. The van der Waals surface area contributed by atoms with Gasteiger partial charge in [0.05, 0.1) is 0 Å². The Labute approximate surface area is 103 Å². The summed E-state index contributed by atoms with van der Waals surface area (Å²) in [5.41, 5.74) is 7.60. The minimum atomic E-state index is 0.0813. The average Bonchev–Trinajstić information content (AvgIpc) is 2.34. The summed E-state index contributed by atoms with van der Waals surface area (Å²) in [5, 5.41) is 2.88. The molecule has 0 saturated carbocycles. The molecule has 0 spiro atoms. The summed E-state index contributed by atoms with van der Waals surface area (Å²) in [6.07, 6.45) is 6.09. The number of benzene rings is 1. The second kappa shape index (κ2) is 7.49.